The number of ether oxygens (including phenoxy) is 1. The largest absolute Gasteiger partial charge is 0.497 e. The molecule has 18 heavy (non-hydrogen) atoms. The number of hydrogen-bond donors (Lipinski definition) is 1. The van der Waals surface area contributed by atoms with Gasteiger partial charge in [-0.05, 0) is 49.9 Å². The molecule has 0 spiro atoms. The molecule has 0 bridgehead atoms. The minimum absolute atomic E-state index is 0.303. The van der Waals surface area contributed by atoms with Crippen LogP contribution in [0.2, 0.25) is 0 Å². The maximum atomic E-state index is 8.86. The summed E-state index contributed by atoms with van der Waals surface area (Å²) in [6, 6.07) is 9.06. The van der Waals surface area contributed by atoms with Crippen LogP contribution in [0.3, 0.4) is 0 Å². The van der Waals surface area contributed by atoms with Gasteiger partial charge in [0.25, 0.3) is 0 Å². The predicted molar refractivity (Wildman–Crippen MR) is 72.7 cm³/mol. The number of nitrogens with zero attached hydrogens (tertiary/aromatic N) is 1. The highest BCUT2D eigenvalue weighted by atomic mass is 16.5. The van der Waals surface area contributed by atoms with Gasteiger partial charge in [-0.3, -0.25) is 4.90 Å². The lowest BCUT2D eigenvalue weighted by atomic mass is 10.2. The van der Waals surface area contributed by atoms with Crippen molar-refractivity contribution in [2.24, 2.45) is 0 Å². The van der Waals surface area contributed by atoms with Crippen LogP contribution in [0.5, 0.6) is 5.75 Å². The fourth-order valence-electron chi connectivity index (χ4n) is 2.26. The van der Waals surface area contributed by atoms with E-state index in [9.17, 15) is 0 Å². The van der Waals surface area contributed by atoms with Crippen molar-refractivity contribution < 1.29 is 9.84 Å². The molecular formula is C15H23NO2. The van der Waals surface area contributed by atoms with Crippen molar-refractivity contribution >= 4 is 0 Å². The van der Waals surface area contributed by atoms with Gasteiger partial charge < -0.3 is 9.84 Å². The van der Waals surface area contributed by atoms with E-state index in [0.29, 0.717) is 6.61 Å². The molecule has 1 aliphatic rings. The van der Waals surface area contributed by atoms with Crippen molar-refractivity contribution in [2.75, 3.05) is 20.3 Å². The van der Waals surface area contributed by atoms with Crippen molar-refractivity contribution in [1.82, 2.24) is 4.90 Å². The smallest absolute Gasteiger partial charge is 0.119 e. The summed E-state index contributed by atoms with van der Waals surface area (Å²) in [6.07, 6.45) is 4.63. The summed E-state index contributed by atoms with van der Waals surface area (Å²) in [7, 11) is 1.71. The summed E-state index contributed by atoms with van der Waals surface area (Å²) in [5.41, 5.74) is 1.31. The average molecular weight is 249 g/mol. The van der Waals surface area contributed by atoms with Crippen LogP contribution in [0.1, 0.15) is 31.2 Å². The number of benzene rings is 1. The number of rotatable bonds is 8. The highest BCUT2D eigenvalue weighted by molar-refractivity contribution is 5.28. The number of methoxy groups -OCH3 is 1. The third-order valence-corrected chi connectivity index (χ3v) is 3.44. The highest BCUT2D eigenvalue weighted by Crippen LogP contribution is 2.29. The van der Waals surface area contributed by atoms with Gasteiger partial charge in [0.15, 0.2) is 0 Å². The summed E-state index contributed by atoms with van der Waals surface area (Å²) >= 11 is 0. The first-order valence-corrected chi connectivity index (χ1v) is 6.81. The van der Waals surface area contributed by atoms with Crippen LogP contribution in [0, 0.1) is 0 Å². The molecule has 3 nitrogen and oxygen atoms in total. The van der Waals surface area contributed by atoms with Gasteiger partial charge in [-0.2, -0.15) is 0 Å². The van der Waals surface area contributed by atoms with Crippen LogP contribution in [0.4, 0.5) is 0 Å². The Morgan fingerprint density at radius 3 is 2.83 bits per heavy atom. The topological polar surface area (TPSA) is 32.7 Å². The van der Waals surface area contributed by atoms with Crippen LogP contribution in [0.15, 0.2) is 24.3 Å². The lowest BCUT2D eigenvalue weighted by Gasteiger charge is -2.22. The maximum Gasteiger partial charge on any atom is 0.119 e. The molecule has 0 amide bonds. The van der Waals surface area contributed by atoms with Crippen molar-refractivity contribution in [3.05, 3.63) is 29.8 Å². The number of hydrogen-bond acceptors (Lipinski definition) is 3. The van der Waals surface area contributed by atoms with E-state index >= 15 is 0 Å². The number of aliphatic hydroxyl groups excluding tert-OH is 1. The van der Waals surface area contributed by atoms with Gasteiger partial charge in [0.1, 0.15) is 5.75 Å². The van der Waals surface area contributed by atoms with Crippen molar-refractivity contribution in [2.45, 2.75) is 38.3 Å². The molecule has 3 heteroatoms. The Labute approximate surface area is 109 Å². The highest BCUT2D eigenvalue weighted by Gasteiger charge is 2.28. The van der Waals surface area contributed by atoms with Gasteiger partial charge in [-0.1, -0.05) is 12.1 Å². The molecule has 0 unspecified atom stereocenters. The molecule has 1 aliphatic carbocycles. The van der Waals surface area contributed by atoms with Crippen LogP contribution in [-0.2, 0) is 6.54 Å². The molecule has 0 heterocycles. The van der Waals surface area contributed by atoms with E-state index < -0.39 is 0 Å². The summed E-state index contributed by atoms with van der Waals surface area (Å²) in [6.45, 7) is 2.38. The van der Waals surface area contributed by atoms with E-state index in [1.54, 1.807) is 7.11 Å². The fraction of sp³-hybridized carbons (Fsp3) is 0.600. The quantitative estimate of drug-likeness (QED) is 0.718. The summed E-state index contributed by atoms with van der Waals surface area (Å²) in [5, 5.41) is 8.86. The molecule has 1 saturated carbocycles. The van der Waals surface area contributed by atoms with Gasteiger partial charge in [0.05, 0.1) is 7.11 Å². The minimum Gasteiger partial charge on any atom is -0.497 e. The second-order valence-electron chi connectivity index (χ2n) is 4.98. The molecule has 100 valence electrons. The van der Waals surface area contributed by atoms with Gasteiger partial charge in [-0.25, -0.2) is 0 Å². The van der Waals surface area contributed by atoms with E-state index in [2.05, 4.69) is 17.0 Å². The molecule has 0 radical (unpaired) electrons. The second kappa shape index (κ2) is 6.76. The Morgan fingerprint density at radius 2 is 2.17 bits per heavy atom. The lowest BCUT2D eigenvalue weighted by Crippen LogP contribution is -2.26. The normalized spacial score (nSPS) is 15.1. The SMILES string of the molecule is COc1cccc(CN(CCCCO)C2CC2)c1. The van der Waals surface area contributed by atoms with Crippen molar-refractivity contribution in [1.29, 1.82) is 0 Å². The lowest BCUT2D eigenvalue weighted by molar-refractivity contribution is 0.228. The minimum atomic E-state index is 0.303. The first-order chi connectivity index (χ1) is 8.83. The number of unbranched alkanes of at least 4 members (excludes halogenated alkanes) is 1. The molecule has 1 aromatic carbocycles. The monoisotopic (exact) mass is 249 g/mol. The van der Waals surface area contributed by atoms with Crippen molar-refractivity contribution in [3.8, 4) is 5.75 Å². The molecule has 0 aromatic heterocycles. The Kier molecular flexibility index (Phi) is 5.02. The summed E-state index contributed by atoms with van der Waals surface area (Å²) in [5.74, 6) is 0.929. The third-order valence-electron chi connectivity index (χ3n) is 3.44. The maximum absolute atomic E-state index is 8.86. The molecule has 0 aliphatic heterocycles. The Balaban J connectivity index is 1.90. The number of aliphatic hydroxyl groups is 1. The first kappa shape index (κ1) is 13.4. The Hall–Kier alpha value is -1.06. The van der Waals surface area contributed by atoms with E-state index in [1.165, 1.54) is 18.4 Å². The zero-order valence-corrected chi connectivity index (χ0v) is 11.1. The molecule has 1 fully saturated rings. The molecule has 1 aromatic rings. The third kappa shape index (κ3) is 4.00. The Morgan fingerprint density at radius 1 is 1.33 bits per heavy atom. The summed E-state index contributed by atoms with van der Waals surface area (Å²) < 4.78 is 5.26. The van der Waals surface area contributed by atoms with E-state index in [4.69, 9.17) is 9.84 Å². The molecule has 2 rings (SSSR count). The fourth-order valence-corrected chi connectivity index (χ4v) is 2.26. The molecule has 0 saturated heterocycles. The molecule has 1 N–H and O–H groups in total. The van der Waals surface area contributed by atoms with E-state index in [-0.39, 0.29) is 0 Å². The summed E-state index contributed by atoms with van der Waals surface area (Å²) in [4.78, 5) is 2.53. The van der Waals surface area contributed by atoms with Gasteiger partial charge in [0.2, 0.25) is 0 Å². The van der Waals surface area contributed by atoms with Crippen LogP contribution < -0.4 is 4.74 Å². The van der Waals surface area contributed by atoms with Crippen LogP contribution >= 0.6 is 0 Å². The average Bonchev–Trinajstić information content (AvgIpc) is 3.22. The van der Waals surface area contributed by atoms with Crippen LogP contribution in [0.25, 0.3) is 0 Å². The van der Waals surface area contributed by atoms with Gasteiger partial charge >= 0.3 is 0 Å². The predicted octanol–water partition coefficient (Wildman–Crippen LogP) is 2.43. The van der Waals surface area contributed by atoms with Gasteiger partial charge in [-0.15, -0.1) is 0 Å². The molecule has 0 atom stereocenters. The molecular weight excluding hydrogens is 226 g/mol. The van der Waals surface area contributed by atoms with E-state index in [1.807, 2.05) is 12.1 Å². The van der Waals surface area contributed by atoms with Gasteiger partial charge in [0, 0.05) is 19.2 Å². The Bertz CT molecular complexity index is 363. The van der Waals surface area contributed by atoms with E-state index in [0.717, 1.165) is 37.7 Å². The van der Waals surface area contributed by atoms with Crippen LogP contribution in [-0.4, -0.2) is 36.3 Å². The zero-order chi connectivity index (χ0) is 12.8. The standard InChI is InChI=1S/C15H23NO2/c1-18-15-6-4-5-13(11-15)12-16(14-7-8-14)9-2-3-10-17/h4-6,11,14,17H,2-3,7-10,12H2,1H3. The second-order valence-corrected chi connectivity index (χ2v) is 4.98. The zero-order valence-electron chi connectivity index (χ0n) is 11.1. The van der Waals surface area contributed by atoms with Crippen molar-refractivity contribution in [3.63, 3.8) is 0 Å². The first-order valence-electron chi connectivity index (χ1n) is 6.81.